The molecule has 1 N–H and O–H groups in total. The maximum absolute atomic E-state index is 14.0. The zero-order chi connectivity index (χ0) is 18.2. The fourth-order valence-electron chi connectivity index (χ4n) is 3.20. The Labute approximate surface area is 159 Å². The molecule has 0 bridgehead atoms. The summed E-state index contributed by atoms with van der Waals surface area (Å²) >= 11 is 1.74. The third kappa shape index (κ3) is 5.24. The number of thioether (sulfide) groups is 1. The fourth-order valence-corrected chi connectivity index (χ4v) is 4.46. The van der Waals surface area contributed by atoms with Gasteiger partial charge in [-0.05, 0) is 30.9 Å². The number of nitrogens with one attached hydrogen (secondary N) is 1. The molecule has 2 aromatic rings. The molecule has 0 aliphatic carbocycles. The van der Waals surface area contributed by atoms with E-state index in [0.29, 0.717) is 19.6 Å². The van der Waals surface area contributed by atoms with E-state index in [-0.39, 0.29) is 17.1 Å². The lowest BCUT2D eigenvalue weighted by Crippen LogP contribution is -2.41. The second kappa shape index (κ2) is 9.62. The number of nitrogens with zero attached hydrogens (tertiary/aromatic N) is 1. The van der Waals surface area contributed by atoms with Gasteiger partial charge in [0.25, 0.3) is 0 Å². The SMILES string of the molecule is O=C(NCCCc1ccccc1)N1CCSC(c2ccccc2F)CC1. The Hall–Kier alpha value is -2.01. The highest BCUT2D eigenvalue weighted by molar-refractivity contribution is 7.99. The van der Waals surface area contributed by atoms with Crippen LogP contribution in [0, 0.1) is 5.82 Å². The number of rotatable bonds is 5. The lowest BCUT2D eigenvalue weighted by molar-refractivity contribution is 0.201. The van der Waals surface area contributed by atoms with Crippen LogP contribution in [-0.4, -0.2) is 36.3 Å². The molecule has 3 rings (SSSR count). The van der Waals surface area contributed by atoms with Crippen molar-refractivity contribution in [2.24, 2.45) is 0 Å². The average Bonchev–Trinajstić information content (AvgIpc) is 2.92. The second-order valence-corrected chi connectivity index (χ2v) is 7.79. The molecule has 5 heteroatoms. The minimum Gasteiger partial charge on any atom is -0.338 e. The molecular weight excluding hydrogens is 347 g/mol. The first kappa shape index (κ1) is 18.8. The van der Waals surface area contributed by atoms with E-state index < -0.39 is 0 Å². The lowest BCUT2D eigenvalue weighted by atomic mass is 10.1. The molecular formula is C21H25FN2OS. The van der Waals surface area contributed by atoms with Crippen LogP contribution in [0.3, 0.4) is 0 Å². The Balaban J connectivity index is 1.43. The number of aryl methyl sites for hydroxylation is 1. The number of hydrogen-bond donors (Lipinski definition) is 1. The molecule has 2 aromatic carbocycles. The van der Waals surface area contributed by atoms with E-state index in [0.717, 1.165) is 30.6 Å². The van der Waals surface area contributed by atoms with E-state index in [1.165, 1.54) is 11.6 Å². The largest absolute Gasteiger partial charge is 0.338 e. The first-order chi connectivity index (χ1) is 12.7. The topological polar surface area (TPSA) is 32.3 Å². The van der Waals surface area contributed by atoms with Gasteiger partial charge < -0.3 is 10.2 Å². The predicted octanol–water partition coefficient (Wildman–Crippen LogP) is 4.65. The van der Waals surface area contributed by atoms with Crippen LogP contribution in [0.1, 0.15) is 29.2 Å². The van der Waals surface area contributed by atoms with E-state index in [9.17, 15) is 9.18 Å². The molecule has 1 aliphatic heterocycles. The van der Waals surface area contributed by atoms with E-state index in [4.69, 9.17) is 0 Å². The minimum absolute atomic E-state index is 0.00662. The van der Waals surface area contributed by atoms with Crippen molar-refractivity contribution in [1.29, 1.82) is 0 Å². The predicted molar refractivity (Wildman–Crippen MR) is 106 cm³/mol. The summed E-state index contributed by atoms with van der Waals surface area (Å²) in [6.45, 7) is 2.05. The van der Waals surface area contributed by atoms with E-state index in [1.807, 2.05) is 35.2 Å². The highest BCUT2D eigenvalue weighted by Crippen LogP contribution is 2.35. The average molecular weight is 373 g/mol. The molecule has 3 nitrogen and oxygen atoms in total. The minimum atomic E-state index is -0.149. The van der Waals surface area contributed by atoms with E-state index in [1.54, 1.807) is 17.8 Å². The summed E-state index contributed by atoms with van der Waals surface area (Å²) in [5.41, 5.74) is 2.04. The van der Waals surface area contributed by atoms with Gasteiger partial charge in [0.1, 0.15) is 5.82 Å². The summed E-state index contributed by atoms with van der Waals surface area (Å²) in [4.78, 5) is 14.3. The van der Waals surface area contributed by atoms with Crippen molar-refractivity contribution >= 4 is 17.8 Å². The van der Waals surface area contributed by atoms with Gasteiger partial charge in [-0.1, -0.05) is 48.5 Å². The Kier molecular flexibility index (Phi) is 6.95. The molecule has 1 aliphatic rings. The molecule has 138 valence electrons. The van der Waals surface area contributed by atoms with Crippen molar-refractivity contribution < 1.29 is 9.18 Å². The summed E-state index contributed by atoms with van der Waals surface area (Å²) in [5, 5.41) is 3.14. The van der Waals surface area contributed by atoms with Gasteiger partial charge in [-0.15, -0.1) is 0 Å². The van der Waals surface area contributed by atoms with Gasteiger partial charge >= 0.3 is 6.03 Å². The van der Waals surface area contributed by atoms with Crippen LogP contribution < -0.4 is 5.32 Å². The molecule has 0 saturated carbocycles. The quantitative estimate of drug-likeness (QED) is 0.775. The highest BCUT2D eigenvalue weighted by atomic mass is 32.2. The van der Waals surface area contributed by atoms with Crippen molar-refractivity contribution in [2.45, 2.75) is 24.5 Å². The maximum atomic E-state index is 14.0. The zero-order valence-corrected chi connectivity index (χ0v) is 15.7. The van der Waals surface area contributed by atoms with Gasteiger partial charge in [0.2, 0.25) is 0 Å². The van der Waals surface area contributed by atoms with Gasteiger partial charge in [-0.2, -0.15) is 11.8 Å². The Morgan fingerprint density at radius 1 is 1.12 bits per heavy atom. The van der Waals surface area contributed by atoms with Crippen LogP contribution in [0.5, 0.6) is 0 Å². The van der Waals surface area contributed by atoms with Crippen LogP contribution in [0.4, 0.5) is 9.18 Å². The third-order valence-electron chi connectivity index (χ3n) is 4.64. The number of hydrogen-bond acceptors (Lipinski definition) is 2. The smallest absolute Gasteiger partial charge is 0.317 e. The van der Waals surface area contributed by atoms with Gasteiger partial charge in [0.15, 0.2) is 0 Å². The van der Waals surface area contributed by atoms with Gasteiger partial charge in [0, 0.05) is 36.2 Å². The number of amides is 2. The van der Waals surface area contributed by atoms with E-state index >= 15 is 0 Å². The van der Waals surface area contributed by atoms with Crippen molar-refractivity contribution in [3.63, 3.8) is 0 Å². The molecule has 0 aromatic heterocycles. The number of benzene rings is 2. The highest BCUT2D eigenvalue weighted by Gasteiger charge is 2.23. The molecule has 1 saturated heterocycles. The van der Waals surface area contributed by atoms with Gasteiger partial charge in [-0.25, -0.2) is 9.18 Å². The van der Waals surface area contributed by atoms with Crippen molar-refractivity contribution in [1.82, 2.24) is 10.2 Å². The first-order valence-electron chi connectivity index (χ1n) is 9.17. The summed E-state index contributed by atoms with van der Waals surface area (Å²) in [6.07, 6.45) is 2.67. The standard InChI is InChI=1S/C21H25FN2OS/c22-19-11-5-4-10-18(19)20-12-14-24(15-16-26-20)21(25)23-13-6-9-17-7-2-1-3-8-17/h1-5,7-8,10-11,20H,6,9,12-16H2,(H,23,25). The molecule has 1 atom stereocenters. The molecule has 2 amide bonds. The van der Waals surface area contributed by atoms with Crippen LogP contribution >= 0.6 is 11.8 Å². The Morgan fingerprint density at radius 2 is 1.88 bits per heavy atom. The zero-order valence-electron chi connectivity index (χ0n) is 14.9. The Morgan fingerprint density at radius 3 is 2.69 bits per heavy atom. The monoisotopic (exact) mass is 372 g/mol. The Bertz CT molecular complexity index is 710. The summed E-state index contributed by atoms with van der Waals surface area (Å²) in [6, 6.07) is 17.3. The summed E-state index contributed by atoms with van der Waals surface area (Å²) < 4.78 is 14.0. The molecule has 0 spiro atoms. The first-order valence-corrected chi connectivity index (χ1v) is 10.2. The normalized spacial score (nSPS) is 17.6. The van der Waals surface area contributed by atoms with Crippen LogP contribution in [0.25, 0.3) is 0 Å². The number of carbonyl (C=O) groups excluding carboxylic acids is 1. The summed E-state index contributed by atoms with van der Waals surface area (Å²) in [5.74, 6) is 0.681. The number of carbonyl (C=O) groups is 1. The number of urea groups is 1. The fraction of sp³-hybridized carbons (Fsp3) is 0.381. The van der Waals surface area contributed by atoms with Crippen molar-refractivity contribution in [3.8, 4) is 0 Å². The van der Waals surface area contributed by atoms with Crippen molar-refractivity contribution in [2.75, 3.05) is 25.4 Å². The van der Waals surface area contributed by atoms with Crippen LogP contribution in [0.15, 0.2) is 54.6 Å². The van der Waals surface area contributed by atoms with Crippen LogP contribution in [0.2, 0.25) is 0 Å². The van der Waals surface area contributed by atoms with Crippen LogP contribution in [-0.2, 0) is 6.42 Å². The molecule has 1 unspecified atom stereocenters. The van der Waals surface area contributed by atoms with Crippen molar-refractivity contribution in [3.05, 3.63) is 71.5 Å². The molecule has 1 heterocycles. The molecule has 26 heavy (non-hydrogen) atoms. The summed E-state index contributed by atoms with van der Waals surface area (Å²) in [7, 11) is 0. The molecule has 1 fully saturated rings. The maximum Gasteiger partial charge on any atom is 0.317 e. The third-order valence-corrected chi connectivity index (χ3v) is 5.95. The number of halogens is 1. The molecule has 0 radical (unpaired) electrons. The second-order valence-electron chi connectivity index (χ2n) is 6.48. The van der Waals surface area contributed by atoms with Gasteiger partial charge in [0.05, 0.1) is 0 Å². The van der Waals surface area contributed by atoms with E-state index in [2.05, 4.69) is 17.4 Å². The van der Waals surface area contributed by atoms with Gasteiger partial charge in [-0.3, -0.25) is 0 Å². The lowest BCUT2D eigenvalue weighted by Gasteiger charge is -2.21.